The number of aromatic nitrogens is 4. The number of rotatable bonds is 8. The molecule has 0 radical (unpaired) electrons. The standard InChI is InChI=1S/C59H36N6/c60-37-39-21-25-43(26-22-39)50-35-49(59-63-57(45-17-9-3-10-18-45)62-58(64-59)46-19-11-4-12-20-46)36-51(44-27-23-40(38-61)24-28-44)56(50)65-54-31-29-47(41-13-5-1-6-14-41)33-52(54)53-34-48(30-32-55(53)65)42-15-7-2-8-16-42/h1-36H. The molecule has 0 aliphatic rings. The van der Waals surface area contributed by atoms with Crippen LogP contribution < -0.4 is 0 Å². The molecule has 11 rings (SSSR count). The summed E-state index contributed by atoms with van der Waals surface area (Å²) in [6.07, 6.45) is 0. The second-order valence-electron chi connectivity index (χ2n) is 15.9. The molecule has 302 valence electrons. The molecule has 2 aromatic heterocycles. The maximum Gasteiger partial charge on any atom is 0.164 e. The third-order valence-electron chi connectivity index (χ3n) is 11.9. The van der Waals surface area contributed by atoms with Crippen molar-refractivity contribution >= 4 is 21.8 Å². The highest BCUT2D eigenvalue weighted by atomic mass is 15.0. The molecule has 0 saturated carbocycles. The molecule has 9 aromatic carbocycles. The molecule has 0 aliphatic heterocycles. The highest BCUT2D eigenvalue weighted by molar-refractivity contribution is 6.13. The van der Waals surface area contributed by atoms with Crippen LogP contribution in [0.4, 0.5) is 0 Å². The van der Waals surface area contributed by atoms with Crippen molar-refractivity contribution in [3.05, 3.63) is 230 Å². The minimum absolute atomic E-state index is 0.510. The molecule has 0 saturated heterocycles. The summed E-state index contributed by atoms with van der Waals surface area (Å²) in [5.74, 6) is 1.63. The summed E-state index contributed by atoms with van der Waals surface area (Å²) in [5.41, 5.74) is 14.8. The number of hydrogen-bond acceptors (Lipinski definition) is 5. The van der Waals surface area contributed by atoms with Gasteiger partial charge >= 0.3 is 0 Å². The summed E-state index contributed by atoms with van der Waals surface area (Å²) in [5, 5.41) is 22.1. The first-order valence-electron chi connectivity index (χ1n) is 21.4. The van der Waals surface area contributed by atoms with Crippen molar-refractivity contribution in [1.29, 1.82) is 10.5 Å². The number of hydrogen-bond donors (Lipinski definition) is 0. The molecular formula is C59H36N6. The van der Waals surface area contributed by atoms with Gasteiger partial charge in [-0.25, -0.2) is 15.0 Å². The second-order valence-corrected chi connectivity index (χ2v) is 15.9. The van der Waals surface area contributed by atoms with Crippen molar-refractivity contribution in [1.82, 2.24) is 19.5 Å². The minimum atomic E-state index is 0.510. The Morgan fingerprint density at radius 1 is 0.308 bits per heavy atom. The van der Waals surface area contributed by atoms with Crippen LogP contribution in [0.25, 0.3) is 106 Å². The van der Waals surface area contributed by atoms with Crippen molar-refractivity contribution in [2.24, 2.45) is 0 Å². The zero-order valence-electron chi connectivity index (χ0n) is 35.0. The number of nitrogens with zero attached hydrogens (tertiary/aromatic N) is 6. The average molecular weight is 829 g/mol. The summed E-state index contributed by atoms with van der Waals surface area (Å²) in [6, 6.07) is 78.8. The van der Waals surface area contributed by atoms with E-state index in [1.807, 2.05) is 121 Å². The highest BCUT2D eigenvalue weighted by Crippen LogP contribution is 2.45. The van der Waals surface area contributed by atoms with Crippen LogP contribution in [0.5, 0.6) is 0 Å². The van der Waals surface area contributed by atoms with Crippen molar-refractivity contribution in [2.75, 3.05) is 0 Å². The van der Waals surface area contributed by atoms with Gasteiger partial charge in [0.25, 0.3) is 0 Å². The Morgan fingerprint density at radius 2 is 0.646 bits per heavy atom. The predicted octanol–water partition coefficient (Wildman–Crippen LogP) is 14.4. The Hall–Kier alpha value is -9.23. The van der Waals surface area contributed by atoms with E-state index in [1.54, 1.807) is 0 Å². The predicted molar refractivity (Wildman–Crippen MR) is 262 cm³/mol. The average Bonchev–Trinajstić information content (AvgIpc) is 3.71. The van der Waals surface area contributed by atoms with Crippen LogP contribution in [0.2, 0.25) is 0 Å². The van der Waals surface area contributed by atoms with Crippen molar-refractivity contribution < 1.29 is 0 Å². The first kappa shape index (κ1) is 38.7. The third-order valence-corrected chi connectivity index (χ3v) is 11.9. The first-order chi connectivity index (χ1) is 32.1. The normalized spacial score (nSPS) is 11.0. The van der Waals surface area contributed by atoms with Gasteiger partial charge in [-0.05, 0) is 94.0 Å². The van der Waals surface area contributed by atoms with Crippen LogP contribution >= 0.6 is 0 Å². The van der Waals surface area contributed by atoms with E-state index in [1.165, 1.54) is 0 Å². The quantitative estimate of drug-likeness (QED) is 0.152. The fourth-order valence-electron chi connectivity index (χ4n) is 8.72. The smallest absolute Gasteiger partial charge is 0.164 e. The van der Waals surface area contributed by atoms with Gasteiger partial charge in [-0.2, -0.15) is 10.5 Å². The SMILES string of the molecule is N#Cc1ccc(-c2cc(-c3nc(-c4ccccc4)nc(-c4ccccc4)n3)cc(-c3ccc(C#N)cc3)c2-n2c3ccc(-c4ccccc4)cc3c3cc(-c4ccccc4)ccc32)cc1. The minimum Gasteiger partial charge on any atom is -0.308 e. The monoisotopic (exact) mass is 828 g/mol. The summed E-state index contributed by atoms with van der Waals surface area (Å²) in [4.78, 5) is 15.4. The van der Waals surface area contributed by atoms with Crippen molar-refractivity contribution in [2.45, 2.75) is 0 Å². The maximum atomic E-state index is 9.92. The van der Waals surface area contributed by atoms with E-state index in [0.717, 1.165) is 88.7 Å². The Morgan fingerprint density at radius 3 is 1.02 bits per heavy atom. The van der Waals surface area contributed by atoms with Crippen molar-refractivity contribution in [3.63, 3.8) is 0 Å². The van der Waals surface area contributed by atoms with Crippen LogP contribution in [0.15, 0.2) is 218 Å². The van der Waals surface area contributed by atoms with Crippen LogP contribution in [0.3, 0.4) is 0 Å². The molecule has 65 heavy (non-hydrogen) atoms. The van der Waals surface area contributed by atoms with Gasteiger partial charge in [-0.3, -0.25) is 0 Å². The topological polar surface area (TPSA) is 91.2 Å². The Kier molecular flexibility index (Phi) is 9.86. The van der Waals surface area contributed by atoms with E-state index in [4.69, 9.17) is 15.0 Å². The number of fused-ring (bicyclic) bond motifs is 3. The zero-order chi connectivity index (χ0) is 43.7. The lowest BCUT2D eigenvalue weighted by Crippen LogP contribution is -2.04. The van der Waals surface area contributed by atoms with Crippen LogP contribution in [-0.2, 0) is 0 Å². The molecule has 6 heteroatoms. The van der Waals surface area contributed by atoms with Gasteiger partial charge in [-0.15, -0.1) is 0 Å². The van der Waals surface area contributed by atoms with E-state index in [9.17, 15) is 10.5 Å². The van der Waals surface area contributed by atoms with Crippen LogP contribution in [-0.4, -0.2) is 19.5 Å². The molecule has 0 bridgehead atoms. The van der Waals surface area contributed by atoms with Crippen LogP contribution in [0, 0.1) is 22.7 Å². The highest BCUT2D eigenvalue weighted by Gasteiger charge is 2.24. The molecule has 2 heterocycles. The van der Waals surface area contributed by atoms with E-state index in [0.29, 0.717) is 28.6 Å². The lowest BCUT2D eigenvalue weighted by atomic mass is 9.91. The lowest BCUT2D eigenvalue weighted by Gasteiger charge is -2.21. The van der Waals surface area contributed by atoms with Gasteiger partial charge in [0.15, 0.2) is 17.5 Å². The summed E-state index contributed by atoms with van der Waals surface area (Å²) >= 11 is 0. The molecule has 0 spiro atoms. The molecule has 0 N–H and O–H groups in total. The molecule has 0 amide bonds. The molecule has 0 fully saturated rings. The molecule has 11 aromatic rings. The summed E-state index contributed by atoms with van der Waals surface area (Å²) in [7, 11) is 0. The largest absolute Gasteiger partial charge is 0.308 e. The molecule has 6 nitrogen and oxygen atoms in total. The second kappa shape index (κ2) is 16.6. The molecular weight excluding hydrogens is 793 g/mol. The number of benzene rings is 9. The van der Waals surface area contributed by atoms with Gasteiger partial charge in [0.1, 0.15) is 0 Å². The van der Waals surface area contributed by atoms with E-state index >= 15 is 0 Å². The first-order valence-corrected chi connectivity index (χ1v) is 21.4. The molecule has 0 unspecified atom stereocenters. The fraction of sp³-hybridized carbons (Fsp3) is 0. The van der Waals surface area contributed by atoms with Gasteiger partial charge < -0.3 is 4.57 Å². The van der Waals surface area contributed by atoms with Crippen molar-refractivity contribution in [3.8, 4) is 96.5 Å². The Bertz CT molecular complexity index is 3390. The van der Waals surface area contributed by atoms with Gasteiger partial charge in [0.2, 0.25) is 0 Å². The van der Waals surface area contributed by atoms with Gasteiger partial charge in [0, 0.05) is 38.6 Å². The fourth-order valence-corrected chi connectivity index (χ4v) is 8.72. The van der Waals surface area contributed by atoms with E-state index in [2.05, 4.69) is 114 Å². The molecule has 0 atom stereocenters. The van der Waals surface area contributed by atoms with Gasteiger partial charge in [-0.1, -0.05) is 158 Å². The maximum absolute atomic E-state index is 9.92. The Balaban J connectivity index is 1.26. The zero-order valence-corrected chi connectivity index (χ0v) is 35.0. The van der Waals surface area contributed by atoms with Gasteiger partial charge in [0.05, 0.1) is 40.0 Å². The lowest BCUT2D eigenvalue weighted by molar-refractivity contribution is 1.07. The van der Waals surface area contributed by atoms with E-state index in [-0.39, 0.29) is 0 Å². The summed E-state index contributed by atoms with van der Waals surface area (Å²) in [6.45, 7) is 0. The number of nitriles is 2. The van der Waals surface area contributed by atoms with Crippen LogP contribution in [0.1, 0.15) is 11.1 Å². The Labute approximate surface area is 376 Å². The summed E-state index contributed by atoms with van der Waals surface area (Å²) < 4.78 is 2.37. The third kappa shape index (κ3) is 7.28. The van der Waals surface area contributed by atoms with E-state index < -0.39 is 0 Å². The molecule has 0 aliphatic carbocycles.